The summed E-state index contributed by atoms with van der Waals surface area (Å²) in [5, 5.41) is 0. The fourth-order valence-electron chi connectivity index (χ4n) is 3.34. The maximum absolute atomic E-state index is 12.7. The first-order chi connectivity index (χ1) is 14.6. The van der Waals surface area contributed by atoms with Gasteiger partial charge in [-0.2, -0.15) is 0 Å². The summed E-state index contributed by atoms with van der Waals surface area (Å²) in [5.41, 5.74) is 3.39. The van der Waals surface area contributed by atoms with Gasteiger partial charge in [0, 0.05) is 19.2 Å². The Hall–Kier alpha value is -2.58. The Morgan fingerprint density at radius 3 is 2.48 bits per heavy atom. The van der Waals surface area contributed by atoms with Gasteiger partial charge in [-0.25, -0.2) is 4.99 Å². The van der Waals surface area contributed by atoms with Crippen LogP contribution >= 0.6 is 0 Å². The standard InChI is InChI=1S/C23H27F3N2O3/c1-5-28(4)15-27-20-11-16(2)19(10-17(20)3)22(13-29-14-22)30-12-18-8-6-7-9-21(18)31-23(24,25)26/h6-11,15H,5,12-14H2,1-4H3. The molecule has 0 atom stereocenters. The van der Waals surface area contributed by atoms with E-state index in [1.54, 1.807) is 18.5 Å². The van der Waals surface area contributed by atoms with Crippen LogP contribution in [-0.2, 0) is 21.7 Å². The summed E-state index contributed by atoms with van der Waals surface area (Å²) >= 11 is 0. The van der Waals surface area contributed by atoms with Crippen molar-refractivity contribution in [3.8, 4) is 5.75 Å². The van der Waals surface area contributed by atoms with Crippen molar-refractivity contribution < 1.29 is 27.4 Å². The molecule has 168 valence electrons. The van der Waals surface area contributed by atoms with Crippen LogP contribution in [0, 0.1) is 13.8 Å². The topological polar surface area (TPSA) is 43.3 Å². The lowest BCUT2D eigenvalue weighted by Gasteiger charge is -2.42. The summed E-state index contributed by atoms with van der Waals surface area (Å²) in [4.78, 5) is 6.53. The normalized spacial score (nSPS) is 15.7. The largest absolute Gasteiger partial charge is 0.573 e. The highest BCUT2D eigenvalue weighted by atomic mass is 19.4. The van der Waals surface area contributed by atoms with Crippen LogP contribution in [0.4, 0.5) is 18.9 Å². The molecule has 2 aromatic rings. The molecular weight excluding hydrogens is 409 g/mol. The van der Waals surface area contributed by atoms with Crippen molar-refractivity contribution >= 4 is 12.0 Å². The quantitative estimate of drug-likeness (QED) is 0.419. The number of benzene rings is 2. The van der Waals surface area contributed by atoms with Crippen LogP contribution in [0.2, 0.25) is 0 Å². The molecule has 8 heteroatoms. The molecule has 2 aromatic carbocycles. The molecular formula is C23H27F3N2O3. The van der Waals surface area contributed by atoms with E-state index >= 15 is 0 Å². The molecule has 0 radical (unpaired) electrons. The molecule has 0 saturated carbocycles. The number of para-hydroxylation sites is 1. The summed E-state index contributed by atoms with van der Waals surface area (Å²) in [6.45, 7) is 7.47. The Balaban J connectivity index is 1.82. The molecule has 1 aliphatic rings. The van der Waals surface area contributed by atoms with E-state index < -0.39 is 12.0 Å². The smallest absolute Gasteiger partial charge is 0.405 e. The minimum atomic E-state index is -4.76. The summed E-state index contributed by atoms with van der Waals surface area (Å²) in [6, 6.07) is 10.0. The Morgan fingerprint density at radius 1 is 1.16 bits per heavy atom. The van der Waals surface area contributed by atoms with Gasteiger partial charge in [0.1, 0.15) is 11.4 Å². The predicted octanol–water partition coefficient (Wildman–Crippen LogP) is 5.26. The van der Waals surface area contributed by atoms with Crippen LogP contribution in [0.3, 0.4) is 0 Å². The first-order valence-corrected chi connectivity index (χ1v) is 10.0. The minimum absolute atomic E-state index is 0.0324. The highest BCUT2D eigenvalue weighted by Crippen LogP contribution is 2.39. The van der Waals surface area contributed by atoms with E-state index in [4.69, 9.17) is 9.47 Å². The number of rotatable bonds is 8. The van der Waals surface area contributed by atoms with E-state index in [-0.39, 0.29) is 12.4 Å². The molecule has 0 unspecified atom stereocenters. The summed E-state index contributed by atoms with van der Waals surface area (Å²) in [6.07, 6.45) is -2.97. The lowest BCUT2D eigenvalue weighted by molar-refractivity contribution is -0.275. The van der Waals surface area contributed by atoms with Gasteiger partial charge in [0.2, 0.25) is 0 Å². The molecule has 0 aliphatic carbocycles. The lowest BCUT2D eigenvalue weighted by Crippen LogP contribution is -2.49. The number of alkyl halides is 3. The van der Waals surface area contributed by atoms with Crippen molar-refractivity contribution in [1.29, 1.82) is 0 Å². The molecule has 1 saturated heterocycles. The summed E-state index contributed by atoms with van der Waals surface area (Å²) in [5.74, 6) is -0.261. The van der Waals surface area contributed by atoms with Crippen LogP contribution in [0.1, 0.15) is 29.2 Å². The lowest BCUT2D eigenvalue weighted by atomic mass is 9.86. The molecule has 0 spiro atoms. The molecule has 5 nitrogen and oxygen atoms in total. The maximum atomic E-state index is 12.7. The summed E-state index contributed by atoms with van der Waals surface area (Å²) < 4.78 is 53.9. The number of hydrogen-bond donors (Lipinski definition) is 0. The molecule has 0 aromatic heterocycles. The van der Waals surface area contributed by atoms with Crippen molar-refractivity contribution in [3.63, 3.8) is 0 Å². The molecule has 1 fully saturated rings. The van der Waals surface area contributed by atoms with E-state index in [0.29, 0.717) is 18.8 Å². The second-order valence-corrected chi connectivity index (χ2v) is 7.70. The van der Waals surface area contributed by atoms with E-state index in [1.807, 2.05) is 44.9 Å². The van der Waals surface area contributed by atoms with Crippen molar-refractivity contribution in [2.24, 2.45) is 4.99 Å². The molecule has 1 aliphatic heterocycles. The van der Waals surface area contributed by atoms with E-state index in [1.165, 1.54) is 12.1 Å². The third kappa shape index (κ3) is 5.57. The molecule has 0 amide bonds. The number of hydrogen-bond acceptors (Lipinski definition) is 4. The molecule has 0 bridgehead atoms. The first-order valence-electron chi connectivity index (χ1n) is 10.0. The van der Waals surface area contributed by atoms with Crippen LogP contribution in [0.5, 0.6) is 5.75 Å². The number of nitrogens with zero attached hydrogens (tertiary/aromatic N) is 2. The van der Waals surface area contributed by atoms with Gasteiger partial charge in [-0.15, -0.1) is 13.2 Å². The van der Waals surface area contributed by atoms with E-state index in [0.717, 1.165) is 28.9 Å². The van der Waals surface area contributed by atoms with E-state index in [2.05, 4.69) is 9.73 Å². The first kappa shape index (κ1) is 23.1. The van der Waals surface area contributed by atoms with E-state index in [9.17, 15) is 13.2 Å². The van der Waals surface area contributed by atoms with Gasteiger partial charge in [-0.3, -0.25) is 0 Å². The van der Waals surface area contributed by atoms with Gasteiger partial charge in [0.05, 0.1) is 31.8 Å². The van der Waals surface area contributed by atoms with Crippen LogP contribution in [-0.4, -0.2) is 44.4 Å². The van der Waals surface area contributed by atoms with Gasteiger partial charge >= 0.3 is 6.36 Å². The zero-order valence-corrected chi connectivity index (χ0v) is 18.1. The fraction of sp³-hybridized carbons (Fsp3) is 0.435. The molecule has 31 heavy (non-hydrogen) atoms. The Bertz CT molecular complexity index is 940. The second-order valence-electron chi connectivity index (χ2n) is 7.70. The fourth-order valence-corrected chi connectivity index (χ4v) is 3.34. The van der Waals surface area contributed by atoms with Crippen LogP contribution < -0.4 is 4.74 Å². The Kier molecular flexibility index (Phi) is 6.91. The minimum Gasteiger partial charge on any atom is -0.405 e. The monoisotopic (exact) mass is 436 g/mol. The van der Waals surface area contributed by atoms with Gasteiger partial charge in [0.15, 0.2) is 0 Å². The third-order valence-electron chi connectivity index (χ3n) is 5.30. The van der Waals surface area contributed by atoms with Crippen molar-refractivity contribution in [2.45, 2.75) is 39.3 Å². The van der Waals surface area contributed by atoms with Crippen molar-refractivity contribution in [2.75, 3.05) is 26.8 Å². The highest BCUT2D eigenvalue weighted by molar-refractivity contribution is 5.64. The number of ether oxygens (including phenoxy) is 3. The average Bonchev–Trinajstić information content (AvgIpc) is 2.68. The molecule has 3 rings (SSSR count). The SMILES string of the molecule is CCN(C)C=Nc1cc(C)c(C2(OCc3ccccc3OC(F)(F)F)COC2)cc1C. The predicted molar refractivity (Wildman–Crippen MR) is 113 cm³/mol. The Labute approximate surface area is 180 Å². The summed E-state index contributed by atoms with van der Waals surface area (Å²) in [7, 11) is 1.95. The molecule has 0 N–H and O–H groups in total. The zero-order chi connectivity index (χ0) is 22.6. The molecule has 1 heterocycles. The second kappa shape index (κ2) is 9.28. The third-order valence-corrected chi connectivity index (χ3v) is 5.30. The zero-order valence-electron chi connectivity index (χ0n) is 18.1. The van der Waals surface area contributed by atoms with Crippen LogP contribution in [0.25, 0.3) is 0 Å². The highest BCUT2D eigenvalue weighted by Gasteiger charge is 2.43. The van der Waals surface area contributed by atoms with Gasteiger partial charge in [0.25, 0.3) is 0 Å². The number of aliphatic imine (C=N–C) groups is 1. The van der Waals surface area contributed by atoms with Crippen molar-refractivity contribution in [1.82, 2.24) is 4.90 Å². The van der Waals surface area contributed by atoms with Gasteiger partial charge in [-0.1, -0.05) is 24.3 Å². The number of aryl methyl sites for hydroxylation is 2. The van der Waals surface area contributed by atoms with Gasteiger partial charge in [-0.05, 0) is 49.6 Å². The Morgan fingerprint density at radius 2 is 1.87 bits per heavy atom. The maximum Gasteiger partial charge on any atom is 0.573 e. The number of halogens is 3. The van der Waals surface area contributed by atoms with Crippen LogP contribution in [0.15, 0.2) is 41.4 Å². The van der Waals surface area contributed by atoms with Crippen molar-refractivity contribution in [3.05, 3.63) is 58.7 Å². The average molecular weight is 436 g/mol. The van der Waals surface area contributed by atoms with Gasteiger partial charge < -0.3 is 19.1 Å².